The first-order valence-corrected chi connectivity index (χ1v) is 9.07. The van der Waals surface area contributed by atoms with Crippen LogP contribution in [0.1, 0.15) is 25.3 Å². The first kappa shape index (κ1) is 18.6. The van der Waals surface area contributed by atoms with Crippen LogP contribution in [0.3, 0.4) is 0 Å². The molecule has 0 aliphatic heterocycles. The summed E-state index contributed by atoms with van der Waals surface area (Å²) in [5.74, 6) is 1.25. The number of para-hydroxylation sites is 1. The fourth-order valence-electron chi connectivity index (χ4n) is 2.60. The minimum Gasteiger partial charge on any atom is -0.483 e. The molecule has 6 heteroatoms. The van der Waals surface area contributed by atoms with E-state index >= 15 is 0 Å². The number of carbonyl (C=O) groups excluding carboxylic acids is 1. The Labute approximate surface area is 158 Å². The Morgan fingerprint density at radius 3 is 2.85 bits per heavy atom. The number of benzene rings is 2. The molecule has 1 N–H and O–H groups in total. The van der Waals surface area contributed by atoms with Crippen molar-refractivity contribution in [3.8, 4) is 28.6 Å². The molecule has 1 heterocycles. The van der Waals surface area contributed by atoms with Crippen LogP contribution in [0.15, 0.2) is 53.1 Å². The van der Waals surface area contributed by atoms with Crippen molar-refractivity contribution < 1.29 is 14.1 Å². The van der Waals surface area contributed by atoms with Crippen LogP contribution in [0, 0.1) is 6.92 Å². The maximum absolute atomic E-state index is 11.9. The number of carbonyl (C=O) groups is 1. The zero-order chi connectivity index (χ0) is 19.1. The van der Waals surface area contributed by atoms with Gasteiger partial charge in [-0.15, -0.1) is 0 Å². The Bertz CT molecular complexity index is 905. The third kappa shape index (κ3) is 4.94. The molecule has 0 radical (unpaired) electrons. The molecule has 0 bridgehead atoms. The van der Waals surface area contributed by atoms with Crippen LogP contribution < -0.4 is 10.1 Å². The number of hydrogen-bond acceptors (Lipinski definition) is 5. The summed E-state index contributed by atoms with van der Waals surface area (Å²) in [5, 5.41) is 6.90. The summed E-state index contributed by atoms with van der Waals surface area (Å²) < 4.78 is 11.1. The number of nitrogens with one attached hydrogen (secondary N) is 1. The van der Waals surface area contributed by atoms with Crippen molar-refractivity contribution >= 4 is 5.91 Å². The normalized spacial score (nSPS) is 10.6. The standard InChI is InChI=1S/C21H23N3O3/c1-3-4-12-22-19(25)14-26-18-11-6-5-10-17(18)21-23-20(24-27-21)16-9-7-8-15(2)13-16/h5-11,13H,3-4,12,14H2,1-2H3,(H,22,25). The quantitative estimate of drug-likeness (QED) is 0.610. The van der Waals surface area contributed by atoms with Gasteiger partial charge in [0.1, 0.15) is 5.75 Å². The van der Waals surface area contributed by atoms with Crippen molar-refractivity contribution in [2.75, 3.05) is 13.2 Å². The van der Waals surface area contributed by atoms with E-state index < -0.39 is 0 Å². The second kappa shape index (κ2) is 8.98. The smallest absolute Gasteiger partial charge is 0.262 e. The van der Waals surface area contributed by atoms with Gasteiger partial charge in [0.15, 0.2) is 6.61 Å². The number of nitrogens with zero attached hydrogens (tertiary/aromatic N) is 2. The summed E-state index contributed by atoms with van der Waals surface area (Å²) in [7, 11) is 0. The van der Waals surface area contributed by atoms with Crippen molar-refractivity contribution in [2.24, 2.45) is 0 Å². The molecule has 3 aromatic rings. The first-order valence-electron chi connectivity index (χ1n) is 9.07. The molecule has 0 saturated heterocycles. The van der Waals surface area contributed by atoms with Gasteiger partial charge in [-0.3, -0.25) is 4.79 Å². The van der Waals surface area contributed by atoms with Crippen molar-refractivity contribution in [1.82, 2.24) is 15.5 Å². The number of rotatable bonds is 8. The third-order valence-electron chi connectivity index (χ3n) is 4.03. The van der Waals surface area contributed by atoms with Gasteiger partial charge in [-0.2, -0.15) is 4.98 Å². The van der Waals surface area contributed by atoms with E-state index in [2.05, 4.69) is 22.4 Å². The summed E-state index contributed by atoms with van der Waals surface area (Å²) in [6, 6.07) is 15.2. The van der Waals surface area contributed by atoms with E-state index in [1.165, 1.54) is 0 Å². The topological polar surface area (TPSA) is 77.2 Å². The lowest BCUT2D eigenvalue weighted by atomic mass is 10.1. The van der Waals surface area contributed by atoms with Crippen LogP contribution in [-0.4, -0.2) is 29.2 Å². The predicted molar refractivity (Wildman–Crippen MR) is 103 cm³/mol. The van der Waals surface area contributed by atoms with E-state index in [9.17, 15) is 4.79 Å². The van der Waals surface area contributed by atoms with E-state index in [1.807, 2.05) is 49.4 Å². The minimum absolute atomic E-state index is 0.0560. The largest absolute Gasteiger partial charge is 0.483 e. The van der Waals surface area contributed by atoms with Gasteiger partial charge in [0, 0.05) is 12.1 Å². The summed E-state index contributed by atoms with van der Waals surface area (Å²) in [5.41, 5.74) is 2.67. The number of ether oxygens (including phenoxy) is 1. The van der Waals surface area contributed by atoms with Crippen LogP contribution in [0.5, 0.6) is 5.75 Å². The Kier molecular flexibility index (Phi) is 6.20. The molecule has 1 aromatic heterocycles. The Morgan fingerprint density at radius 1 is 1.19 bits per heavy atom. The molecule has 0 unspecified atom stereocenters. The molecule has 0 atom stereocenters. The fraction of sp³-hybridized carbons (Fsp3) is 0.286. The van der Waals surface area contributed by atoms with Gasteiger partial charge in [0.2, 0.25) is 5.82 Å². The molecule has 0 aliphatic carbocycles. The lowest BCUT2D eigenvalue weighted by Crippen LogP contribution is -2.29. The summed E-state index contributed by atoms with van der Waals surface area (Å²) in [6.07, 6.45) is 1.98. The van der Waals surface area contributed by atoms with Crippen LogP contribution >= 0.6 is 0 Å². The number of aryl methyl sites for hydroxylation is 1. The van der Waals surface area contributed by atoms with E-state index in [4.69, 9.17) is 9.26 Å². The first-order chi connectivity index (χ1) is 13.2. The van der Waals surface area contributed by atoms with Gasteiger partial charge in [-0.25, -0.2) is 0 Å². The van der Waals surface area contributed by atoms with E-state index in [0.717, 1.165) is 24.0 Å². The Morgan fingerprint density at radius 2 is 2.04 bits per heavy atom. The van der Waals surface area contributed by atoms with Gasteiger partial charge in [0.25, 0.3) is 11.8 Å². The zero-order valence-corrected chi connectivity index (χ0v) is 15.6. The molecular weight excluding hydrogens is 342 g/mol. The third-order valence-corrected chi connectivity index (χ3v) is 4.03. The second-order valence-corrected chi connectivity index (χ2v) is 6.28. The molecule has 0 spiro atoms. The molecule has 1 amide bonds. The van der Waals surface area contributed by atoms with Crippen LogP contribution in [0.4, 0.5) is 0 Å². The number of unbranched alkanes of at least 4 members (excludes halogenated alkanes) is 1. The summed E-state index contributed by atoms with van der Waals surface area (Å²) in [6.45, 7) is 4.69. The van der Waals surface area contributed by atoms with Crippen LogP contribution in [-0.2, 0) is 4.79 Å². The van der Waals surface area contributed by atoms with Crippen LogP contribution in [0.2, 0.25) is 0 Å². The maximum Gasteiger partial charge on any atom is 0.262 e. The minimum atomic E-state index is -0.149. The van der Waals surface area contributed by atoms with Gasteiger partial charge >= 0.3 is 0 Å². The Hall–Kier alpha value is -3.15. The summed E-state index contributed by atoms with van der Waals surface area (Å²) in [4.78, 5) is 16.4. The average Bonchev–Trinajstić information content (AvgIpc) is 3.17. The molecule has 140 valence electrons. The fourth-order valence-corrected chi connectivity index (χ4v) is 2.60. The highest BCUT2D eigenvalue weighted by atomic mass is 16.5. The molecular formula is C21H23N3O3. The zero-order valence-electron chi connectivity index (χ0n) is 15.6. The molecule has 2 aromatic carbocycles. The number of amides is 1. The van der Waals surface area contributed by atoms with Crippen molar-refractivity contribution in [1.29, 1.82) is 0 Å². The Balaban J connectivity index is 1.73. The number of aromatic nitrogens is 2. The van der Waals surface area contributed by atoms with E-state index in [1.54, 1.807) is 6.07 Å². The highest BCUT2D eigenvalue weighted by Crippen LogP contribution is 2.30. The van der Waals surface area contributed by atoms with Crippen molar-refractivity contribution in [3.05, 3.63) is 54.1 Å². The molecule has 0 fully saturated rings. The molecule has 6 nitrogen and oxygen atoms in total. The highest BCUT2D eigenvalue weighted by Gasteiger charge is 2.15. The summed E-state index contributed by atoms with van der Waals surface area (Å²) >= 11 is 0. The van der Waals surface area contributed by atoms with Crippen molar-refractivity contribution in [2.45, 2.75) is 26.7 Å². The predicted octanol–water partition coefficient (Wildman–Crippen LogP) is 4.01. The van der Waals surface area contributed by atoms with Gasteiger partial charge in [0.05, 0.1) is 5.56 Å². The van der Waals surface area contributed by atoms with Crippen molar-refractivity contribution in [3.63, 3.8) is 0 Å². The monoisotopic (exact) mass is 365 g/mol. The van der Waals surface area contributed by atoms with E-state index in [0.29, 0.717) is 29.6 Å². The number of hydrogen-bond donors (Lipinski definition) is 1. The molecule has 0 aliphatic rings. The lowest BCUT2D eigenvalue weighted by molar-refractivity contribution is -0.123. The van der Waals surface area contributed by atoms with Gasteiger partial charge < -0.3 is 14.6 Å². The lowest BCUT2D eigenvalue weighted by Gasteiger charge is -2.09. The molecule has 0 saturated carbocycles. The van der Waals surface area contributed by atoms with Crippen LogP contribution in [0.25, 0.3) is 22.8 Å². The van der Waals surface area contributed by atoms with Gasteiger partial charge in [-0.1, -0.05) is 54.4 Å². The molecule has 3 rings (SSSR count). The van der Waals surface area contributed by atoms with Gasteiger partial charge in [-0.05, 0) is 31.5 Å². The maximum atomic E-state index is 11.9. The van der Waals surface area contributed by atoms with E-state index in [-0.39, 0.29) is 12.5 Å². The highest BCUT2D eigenvalue weighted by molar-refractivity contribution is 5.78. The second-order valence-electron chi connectivity index (χ2n) is 6.28. The SMILES string of the molecule is CCCCNC(=O)COc1ccccc1-c1nc(-c2cccc(C)c2)no1. The molecule has 27 heavy (non-hydrogen) atoms. The average molecular weight is 365 g/mol.